The number of carbonyl (C=O) groups excluding carboxylic acids is 1. The topological polar surface area (TPSA) is 94.1 Å². The van der Waals surface area contributed by atoms with Gasteiger partial charge in [-0.1, -0.05) is 0 Å². The molecule has 0 aromatic heterocycles. The van der Waals surface area contributed by atoms with Crippen molar-refractivity contribution in [1.82, 2.24) is 20.1 Å². The van der Waals surface area contributed by atoms with Crippen LogP contribution in [0.2, 0.25) is 0 Å². The Morgan fingerprint density at radius 3 is 2.38 bits per heavy atom. The van der Waals surface area contributed by atoms with Gasteiger partial charge in [0.05, 0.1) is 0 Å². The molecule has 0 fully saturated rings. The van der Waals surface area contributed by atoms with Gasteiger partial charge < -0.3 is 0 Å². The molecule has 1 rings (SSSR count). The van der Waals surface area contributed by atoms with Crippen molar-refractivity contribution in [2.24, 2.45) is 4.40 Å². The third-order valence-corrected chi connectivity index (χ3v) is 3.18. The lowest BCUT2D eigenvalue weighted by atomic mass is 10.4. The number of urea groups is 1. The largest absolute Gasteiger partial charge is 0.351 e. The molecule has 8 nitrogen and oxygen atoms in total. The van der Waals surface area contributed by atoms with Gasteiger partial charge >= 0.3 is 16.2 Å². The molecule has 0 bridgehead atoms. The van der Waals surface area contributed by atoms with Crippen molar-refractivity contribution in [2.75, 3.05) is 14.1 Å². The molecule has 92 valence electrons. The fraction of sp³-hybridized carbons (Fsp3) is 0.714. The Kier molecular flexibility index (Phi) is 3.38. The fourth-order valence-electron chi connectivity index (χ4n) is 1.20. The van der Waals surface area contributed by atoms with E-state index in [0.717, 1.165) is 0 Å². The van der Waals surface area contributed by atoms with Crippen LogP contribution in [0.1, 0.15) is 13.8 Å². The highest BCUT2D eigenvalue weighted by Crippen LogP contribution is 2.12. The summed E-state index contributed by atoms with van der Waals surface area (Å²) >= 11 is 0. The summed E-state index contributed by atoms with van der Waals surface area (Å²) in [6, 6.07) is -1.19. The molecule has 0 saturated carbocycles. The summed E-state index contributed by atoms with van der Waals surface area (Å²) in [5.74, 6) is -0.105. The summed E-state index contributed by atoms with van der Waals surface area (Å²) in [7, 11) is -0.649. The molecule has 0 aliphatic carbocycles. The molecule has 0 atom stereocenters. The minimum atomic E-state index is -3.95. The molecule has 9 heteroatoms. The minimum absolute atomic E-state index is 0.105. The molecule has 0 spiro atoms. The zero-order valence-corrected chi connectivity index (χ0v) is 10.4. The number of nitrogens with one attached hydrogen (secondary N) is 2. The lowest BCUT2D eigenvalue weighted by Gasteiger charge is -2.29. The molecule has 0 aromatic rings. The van der Waals surface area contributed by atoms with Crippen LogP contribution < -0.4 is 10.7 Å². The number of carbonyl (C=O) groups is 1. The van der Waals surface area contributed by atoms with E-state index < -0.39 is 22.3 Å². The van der Waals surface area contributed by atoms with Crippen molar-refractivity contribution in [3.8, 4) is 0 Å². The average Bonchev–Trinajstić information content (AvgIpc) is 1.96. The number of guanidine groups is 1. The smallest absolute Gasteiger partial charge is 0.288 e. The van der Waals surface area contributed by atoms with Crippen LogP contribution in [0, 0.1) is 0 Å². The zero-order valence-electron chi connectivity index (χ0n) is 9.55. The monoisotopic (exact) mass is 249 g/mol. The zero-order chi connectivity index (χ0) is 12.5. The van der Waals surface area contributed by atoms with Gasteiger partial charge in [0.1, 0.15) is 0 Å². The van der Waals surface area contributed by atoms with Gasteiger partial charge in [-0.3, -0.25) is 10.7 Å². The molecule has 16 heavy (non-hydrogen) atoms. The summed E-state index contributed by atoms with van der Waals surface area (Å²) in [5, 5.41) is 3.81. The second-order valence-electron chi connectivity index (χ2n) is 3.74. The Labute approximate surface area is 94.5 Å². The lowest BCUT2D eigenvalue weighted by molar-refractivity contribution is 0.218. The maximum absolute atomic E-state index is 11.6. The SMILES string of the molecule is CC(C)N1C(=O)NC(NN(C)C)=NS1(=O)=O. The number of rotatable bonds is 2. The number of hydrogen-bond acceptors (Lipinski definition) is 5. The first kappa shape index (κ1) is 12.7. The van der Waals surface area contributed by atoms with E-state index in [1.165, 1.54) is 5.01 Å². The van der Waals surface area contributed by atoms with Crippen molar-refractivity contribution in [2.45, 2.75) is 19.9 Å². The van der Waals surface area contributed by atoms with Gasteiger partial charge in [-0.2, -0.15) is 12.7 Å². The van der Waals surface area contributed by atoms with Gasteiger partial charge in [0.25, 0.3) is 0 Å². The Morgan fingerprint density at radius 2 is 2.00 bits per heavy atom. The standard InChI is InChI=1S/C7H15N5O3S/c1-5(2)12-7(13)8-6(9-11(3)4)10-16(12,14)15/h5H,1-4H3,(H2,8,9,10,13). The highest BCUT2D eigenvalue weighted by atomic mass is 32.2. The van der Waals surface area contributed by atoms with Gasteiger partial charge in [0.15, 0.2) is 0 Å². The molecule has 1 heterocycles. The summed E-state index contributed by atoms with van der Waals surface area (Å²) in [6.45, 7) is 3.19. The summed E-state index contributed by atoms with van der Waals surface area (Å²) in [4.78, 5) is 11.5. The van der Waals surface area contributed by atoms with Crippen molar-refractivity contribution in [1.29, 1.82) is 0 Å². The highest BCUT2D eigenvalue weighted by molar-refractivity contribution is 7.88. The minimum Gasteiger partial charge on any atom is -0.288 e. The second-order valence-corrected chi connectivity index (χ2v) is 5.22. The summed E-state index contributed by atoms with van der Waals surface area (Å²) < 4.78 is 27.4. The maximum atomic E-state index is 11.6. The summed E-state index contributed by atoms with van der Waals surface area (Å²) in [6.07, 6.45) is 0. The number of amides is 2. The predicted molar refractivity (Wildman–Crippen MR) is 58.7 cm³/mol. The van der Waals surface area contributed by atoms with E-state index >= 15 is 0 Å². The molecule has 0 unspecified atom stereocenters. The van der Waals surface area contributed by atoms with Crippen LogP contribution in [0.3, 0.4) is 0 Å². The Bertz CT molecular complexity index is 414. The number of hydrogen-bond donors (Lipinski definition) is 2. The van der Waals surface area contributed by atoms with Crippen LogP contribution in [0.25, 0.3) is 0 Å². The van der Waals surface area contributed by atoms with Crippen LogP contribution in [-0.4, -0.2) is 49.9 Å². The van der Waals surface area contributed by atoms with Crippen molar-refractivity contribution in [3.05, 3.63) is 0 Å². The molecule has 2 amide bonds. The van der Waals surface area contributed by atoms with Gasteiger partial charge in [-0.05, 0) is 13.8 Å². The van der Waals surface area contributed by atoms with E-state index in [4.69, 9.17) is 0 Å². The van der Waals surface area contributed by atoms with Crippen LogP contribution in [-0.2, 0) is 10.2 Å². The normalized spacial score (nSPS) is 19.8. The van der Waals surface area contributed by atoms with Crippen molar-refractivity contribution >= 4 is 22.2 Å². The molecule has 0 aromatic carbocycles. The van der Waals surface area contributed by atoms with Crippen LogP contribution in [0.4, 0.5) is 4.79 Å². The quantitative estimate of drug-likeness (QED) is 0.618. The summed E-state index contributed by atoms with van der Waals surface area (Å²) in [5.41, 5.74) is 2.57. The highest BCUT2D eigenvalue weighted by Gasteiger charge is 2.35. The van der Waals surface area contributed by atoms with E-state index in [1.807, 2.05) is 0 Å². The molecule has 2 N–H and O–H groups in total. The van der Waals surface area contributed by atoms with E-state index in [-0.39, 0.29) is 5.96 Å². The predicted octanol–water partition coefficient (Wildman–Crippen LogP) is -0.913. The van der Waals surface area contributed by atoms with E-state index in [1.54, 1.807) is 27.9 Å². The van der Waals surface area contributed by atoms with Crippen LogP contribution in [0.5, 0.6) is 0 Å². The van der Waals surface area contributed by atoms with Crippen molar-refractivity contribution < 1.29 is 13.2 Å². The Balaban J connectivity index is 3.04. The van der Waals surface area contributed by atoms with E-state index in [9.17, 15) is 13.2 Å². The van der Waals surface area contributed by atoms with E-state index in [0.29, 0.717) is 4.31 Å². The first-order valence-electron chi connectivity index (χ1n) is 4.63. The third kappa shape index (κ3) is 2.61. The van der Waals surface area contributed by atoms with Gasteiger partial charge in [0, 0.05) is 20.1 Å². The number of nitrogens with zero attached hydrogens (tertiary/aromatic N) is 3. The van der Waals surface area contributed by atoms with Crippen LogP contribution in [0.15, 0.2) is 4.40 Å². The Morgan fingerprint density at radius 1 is 1.44 bits per heavy atom. The molecule has 0 radical (unpaired) electrons. The Hall–Kier alpha value is -1.35. The number of hydrazine groups is 1. The maximum Gasteiger partial charge on any atom is 0.351 e. The molecule has 0 saturated heterocycles. The van der Waals surface area contributed by atoms with Gasteiger partial charge in [-0.15, -0.1) is 4.40 Å². The first-order valence-corrected chi connectivity index (χ1v) is 6.03. The van der Waals surface area contributed by atoms with Crippen molar-refractivity contribution in [3.63, 3.8) is 0 Å². The van der Waals surface area contributed by atoms with Crippen LogP contribution >= 0.6 is 0 Å². The van der Waals surface area contributed by atoms with Gasteiger partial charge in [0.2, 0.25) is 5.96 Å². The first-order chi connectivity index (χ1) is 7.24. The molecular formula is C7H15N5O3S. The average molecular weight is 249 g/mol. The van der Waals surface area contributed by atoms with Gasteiger partial charge in [-0.25, -0.2) is 9.80 Å². The molecule has 1 aliphatic rings. The molecule has 1 aliphatic heterocycles. The molecular weight excluding hydrogens is 234 g/mol. The third-order valence-electron chi connectivity index (χ3n) is 1.68. The lowest BCUT2D eigenvalue weighted by Crippen LogP contribution is -2.58. The second kappa shape index (κ2) is 4.26. The fourth-order valence-corrected chi connectivity index (χ4v) is 2.40. The van der Waals surface area contributed by atoms with E-state index in [2.05, 4.69) is 15.1 Å².